The van der Waals surface area contributed by atoms with Gasteiger partial charge in [-0.2, -0.15) is 0 Å². The van der Waals surface area contributed by atoms with Gasteiger partial charge in [0.05, 0.1) is 6.61 Å². The van der Waals surface area contributed by atoms with Crippen LogP contribution in [0, 0.1) is 5.92 Å². The minimum absolute atomic E-state index is 0.311. The molecule has 0 saturated carbocycles. The van der Waals surface area contributed by atoms with Gasteiger partial charge in [-0.3, -0.25) is 4.57 Å². The van der Waals surface area contributed by atoms with Crippen LogP contribution in [0.3, 0.4) is 0 Å². The topological polar surface area (TPSA) is 46.5 Å². The molecule has 0 aromatic heterocycles. The zero-order valence-electron chi connectivity index (χ0n) is 10.2. The van der Waals surface area contributed by atoms with E-state index in [2.05, 4.69) is 20.8 Å². The first-order valence-electron chi connectivity index (χ1n) is 5.94. The van der Waals surface area contributed by atoms with Gasteiger partial charge in [0.2, 0.25) is 0 Å². The van der Waals surface area contributed by atoms with E-state index in [-0.39, 0.29) is 0 Å². The molecule has 0 aromatic carbocycles. The van der Waals surface area contributed by atoms with Gasteiger partial charge in [-0.05, 0) is 18.8 Å². The first-order chi connectivity index (χ1) is 6.98. The maximum absolute atomic E-state index is 11.5. The van der Waals surface area contributed by atoms with Gasteiger partial charge in [0.1, 0.15) is 0 Å². The zero-order chi connectivity index (χ0) is 11.7. The number of unbranched alkanes of at least 4 members (excludes halogenated alkanes) is 3. The molecule has 0 rings (SSSR count). The lowest BCUT2D eigenvalue weighted by molar-refractivity contribution is 0.243. The van der Waals surface area contributed by atoms with Crippen molar-refractivity contribution in [1.82, 2.24) is 0 Å². The third-order valence-corrected chi connectivity index (χ3v) is 3.75. The number of rotatable bonds is 9. The molecule has 0 fully saturated rings. The molecule has 92 valence electrons. The molecular formula is C11H25O3P. The van der Waals surface area contributed by atoms with E-state index in [1.54, 1.807) is 0 Å². The van der Waals surface area contributed by atoms with Crippen molar-refractivity contribution in [1.29, 1.82) is 0 Å². The highest BCUT2D eigenvalue weighted by molar-refractivity contribution is 7.52. The van der Waals surface area contributed by atoms with Crippen LogP contribution in [0.25, 0.3) is 0 Å². The Morgan fingerprint density at radius 3 is 2.47 bits per heavy atom. The van der Waals surface area contributed by atoms with Crippen molar-refractivity contribution in [2.75, 3.05) is 12.8 Å². The van der Waals surface area contributed by atoms with Crippen LogP contribution in [0.1, 0.15) is 52.9 Å². The molecule has 0 amide bonds. The molecule has 1 atom stereocenters. The average Bonchev–Trinajstić information content (AvgIpc) is 2.11. The second kappa shape index (κ2) is 8.32. The van der Waals surface area contributed by atoms with Crippen LogP contribution in [0.4, 0.5) is 0 Å². The predicted molar refractivity (Wildman–Crippen MR) is 64.2 cm³/mol. The molecule has 15 heavy (non-hydrogen) atoms. The maximum Gasteiger partial charge on any atom is 0.328 e. The Labute approximate surface area is 93.8 Å². The Hall–Kier alpha value is 0.150. The highest BCUT2D eigenvalue weighted by Gasteiger charge is 2.18. The van der Waals surface area contributed by atoms with Crippen LogP contribution in [-0.4, -0.2) is 17.7 Å². The highest BCUT2D eigenvalue weighted by atomic mass is 31.2. The Morgan fingerprint density at radius 2 is 1.93 bits per heavy atom. The van der Waals surface area contributed by atoms with E-state index < -0.39 is 7.60 Å². The van der Waals surface area contributed by atoms with Crippen LogP contribution in [0.2, 0.25) is 0 Å². The molecule has 1 N–H and O–H groups in total. The van der Waals surface area contributed by atoms with Gasteiger partial charge < -0.3 is 9.42 Å². The Morgan fingerprint density at radius 1 is 1.27 bits per heavy atom. The minimum atomic E-state index is -3.29. The van der Waals surface area contributed by atoms with Gasteiger partial charge in [0, 0.05) is 6.16 Å². The van der Waals surface area contributed by atoms with Crippen LogP contribution < -0.4 is 0 Å². The van der Waals surface area contributed by atoms with E-state index in [1.807, 2.05) is 0 Å². The van der Waals surface area contributed by atoms with Crippen molar-refractivity contribution in [3.05, 3.63) is 0 Å². The lowest BCUT2D eigenvalue weighted by atomic mass is 10.2. The summed E-state index contributed by atoms with van der Waals surface area (Å²) in [4.78, 5) is 9.46. The lowest BCUT2D eigenvalue weighted by Gasteiger charge is -2.12. The van der Waals surface area contributed by atoms with Gasteiger partial charge >= 0.3 is 7.60 Å². The van der Waals surface area contributed by atoms with Crippen LogP contribution in [0.15, 0.2) is 0 Å². The summed E-state index contributed by atoms with van der Waals surface area (Å²) in [6.07, 6.45) is 5.25. The van der Waals surface area contributed by atoms with Gasteiger partial charge in [0.15, 0.2) is 0 Å². The highest BCUT2D eigenvalue weighted by Crippen LogP contribution is 2.43. The largest absolute Gasteiger partial charge is 0.328 e. The average molecular weight is 236 g/mol. The van der Waals surface area contributed by atoms with E-state index in [9.17, 15) is 9.46 Å². The minimum Gasteiger partial charge on any atom is -0.324 e. The maximum atomic E-state index is 11.5. The second-order valence-corrected chi connectivity index (χ2v) is 6.42. The summed E-state index contributed by atoms with van der Waals surface area (Å²) in [6, 6.07) is 0. The van der Waals surface area contributed by atoms with Crippen molar-refractivity contribution in [3.8, 4) is 0 Å². The molecule has 0 bridgehead atoms. The monoisotopic (exact) mass is 236 g/mol. The van der Waals surface area contributed by atoms with Gasteiger partial charge in [-0.25, -0.2) is 0 Å². The molecule has 0 aliphatic heterocycles. The Balaban J connectivity index is 3.54. The van der Waals surface area contributed by atoms with Crippen molar-refractivity contribution < 1.29 is 14.0 Å². The fraction of sp³-hybridized carbons (Fsp3) is 1.00. The molecular weight excluding hydrogens is 211 g/mol. The van der Waals surface area contributed by atoms with E-state index in [0.29, 0.717) is 18.7 Å². The molecule has 0 aliphatic carbocycles. The van der Waals surface area contributed by atoms with Gasteiger partial charge in [-0.15, -0.1) is 0 Å². The third-order valence-electron chi connectivity index (χ3n) is 2.28. The fourth-order valence-electron chi connectivity index (χ4n) is 1.23. The summed E-state index contributed by atoms with van der Waals surface area (Å²) >= 11 is 0. The van der Waals surface area contributed by atoms with Crippen molar-refractivity contribution in [2.24, 2.45) is 5.92 Å². The summed E-state index contributed by atoms with van der Waals surface area (Å²) in [7, 11) is -3.29. The van der Waals surface area contributed by atoms with E-state index in [0.717, 1.165) is 32.1 Å². The quantitative estimate of drug-likeness (QED) is 0.489. The normalized spacial score (nSPS) is 15.5. The Kier molecular flexibility index (Phi) is 8.40. The molecule has 3 nitrogen and oxygen atoms in total. The third kappa shape index (κ3) is 10.4. The Bertz CT molecular complexity index is 192. The summed E-state index contributed by atoms with van der Waals surface area (Å²) in [5.74, 6) is 0.519. The lowest BCUT2D eigenvalue weighted by Crippen LogP contribution is -2.00. The molecule has 0 saturated heterocycles. The van der Waals surface area contributed by atoms with Crippen molar-refractivity contribution >= 4 is 7.60 Å². The van der Waals surface area contributed by atoms with Crippen LogP contribution in [0.5, 0.6) is 0 Å². The first-order valence-corrected chi connectivity index (χ1v) is 7.70. The first kappa shape index (κ1) is 15.2. The predicted octanol–water partition coefficient (Wildman–Crippen LogP) is 3.81. The fourth-order valence-corrected chi connectivity index (χ4v) is 2.38. The van der Waals surface area contributed by atoms with Crippen molar-refractivity contribution in [3.63, 3.8) is 0 Å². The molecule has 0 heterocycles. The van der Waals surface area contributed by atoms with Gasteiger partial charge in [-0.1, -0.05) is 40.0 Å². The van der Waals surface area contributed by atoms with E-state index in [1.165, 1.54) is 0 Å². The van der Waals surface area contributed by atoms with E-state index in [4.69, 9.17) is 4.52 Å². The summed E-state index contributed by atoms with van der Waals surface area (Å²) < 4.78 is 16.5. The molecule has 0 spiro atoms. The van der Waals surface area contributed by atoms with Gasteiger partial charge in [0.25, 0.3) is 0 Å². The SMILES string of the molecule is CCCCCCP(=O)(O)OCCC(C)C. The summed E-state index contributed by atoms with van der Waals surface area (Å²) in [6.45, 7) is 6.68. The molecule has 0 aromatic rings. The molecule has 0 radical (unpaired) electrons. The molecule has 0 aliphatic rings. The standard InChI is InChI=1S/C11H25O3P/c1-4-5-6-7-10-15(12,13)14-9-8-11(2)3/h11H,4-10H2,1-3H3,(H,12,13). The molecule has 1 unspecified atom stereocenters. The van der Waals surface area contributed by atoms with Crippen molar-refractivity contribution in [2.45, 2.75) is 52.9 Å². The zero-order valence-corrected chi connectivity index (χ0v) is 11.1. The number of hydrogen-bond donors (Lipinski definition) is 1. The van der Waals surface area contributed by atoms with Crippen LogP contribution in [-0.2, 0) is 9.09 Å². The summed E-state index contributed by atoms with van der Waals surface area (Å²) in [5, 5.41) is 0. The molecule has 4 heteroatoms. The second-order valence-electron chi connectivity index (χ2n) is 4.44. The van der Waals surface area contributed by atoms with E-state index >= 15 is 0 Å². The summed E-state index contributed by atoms with van der Waals surface area (Å²) in [5.41, 5.74) is 0. The van der Waals surface area contributed by atoms with Crippen LogP contribution >= 0.6 is 7.60 Å². The number of hydrogen-bond acceptors (Lipinski definition) is 2. The smallest absolute Gasteiger partial charge is 0.324 e.